The van der Waals surface area contributed by atoms with Crippen LogP contribution >= 0.6 is 32.9 Å². The van der Waals surface area contributed by atoms with Gasteiger partial charge in [0.05, 0.1) is 11.9 Å². The van der Waals surface area contributed by atoms with Gasteiger partial charge in [0, 0.05) is 11.4 Å². The molecule has 11 heavy (non-hydrogen) atoms. The Kier molecular flexibility index (Phi) is 4.76. The molecule has 0 spiro atoms. The van der Waals surface area contributed by atoms with Crippen molar-refractivity contribution in [2.75, 3.05) is 0 Å². The molecule has 1 aromatic heterocycles. The predicted octanol–water partition coefficient (Wildman–Crippen LogP) is 2.83. The van der Waals surface area contributed by atoms with Crippen LogP contribution in [0.4, 0.5) is 8.78 Å². The molecule has 62 valence electrons. The molecule has 0 radical (unpaired) electrons. The van der Waals surface area contributed by atoms with Crippen molar-refractivity contribution in [1.29, 1.82) is 0 Å². The van der Waals surface area contributed by atoms with Crippen molar-refractivity contribution >= 4 is 32.9 Å². The Hall–Kier alpha value is -0.0300. The van der Waals surface area contributed by atoms with Gasteiger partial charge in [-0.2, -0.15) is 0 Å². The minimum Gasteiger partial charge on any atom is -0.254 e. The van der Waals surface area contributed by atoms with Crippen LogP contribution in [-0.4, -0.2) is 4.98 Å². The van der Waals surface area contributed by atoms with E-state index in [-0.39, 0.29) is 22.7 Å². The molecular formula is C6H5Br2F2N. The molecule has 0 saturated carbocycles. The molecule has 1 aromatic rings. The van der Waals surface area contributed by atoms with E-state index in [1.165, 1.54) is 0 Å². The number of halogens is 4. The lowest BCUT2D eigenvalue weighted by Crippen LogP contribution is -1.91. The van der Waals surface area contributed by atoms with E-state index in [4.69, 9.17) is 0 Å². The van der Waals surface area contributed by atoms with Gasteiger partial charge >= 0.3 is 0 Å². The van der Waals surface area contributed by atoms with Crippen molar-refractivity contribution in [3.05, 3.63) is 29.6 Å². The van der Waals surface area contributed by atoms with Crippen molar-refractivity contribution < 1.29 is 8.78 Å². The fourth-order valence-electron chi connectivity index (χ4n) is 0.541. The fraction of sp³-hybridized carbons (Fsp3) is 0.167. The summed E-state index contributed by atoms with van der Waals surface area (Å²) in [5, 5.41) is 0.305. The zero-order valence-corrected chi connectivity index (χ0v) is 8.65. The largest absolute Gasteiger partial charge is 0.254 e. The summed E-state index contributed by atoms with van der Waals surface area (Å²) in [6.45, 7) is 0. The summed E-state index contributed by atoms with van der Waals surface area (Å²) >= 11 is 3.01. The normalized spacial score (nSPS) is 9.00. The first-order valence-corrected chi connectivity index (χ1v) is 3.72. The Labute approximate surface area is 81.7 Å². The Balaban J connectivity index is 0.000001000. The van der Waals surface area contributed by atoms with Crippen LogP contribution in [0, 0.1) is 11.6 Å². The first-order chi connectivity index (χ1) is 4.74. The van der Waals surface area contributed by atoms with Gasteiger partial charge in [-0.1, -0.05) is 15.9 Å². The average molecular weight is 289 g/mol. The molecule has 0 amide bonds. The van der Waals surface area contributed by atoms with Crippen molar-refractivity contribution in [2.24, 2.45) is 0 Å². The highest BCUT2D eigenvalue weighted by Crippen LogP contribution is 2.08. The van der Waals surface area contributed by atoms with E-state index in [0.29, 0.717) is 5.33 Å². The van der Waals surface area contributed by atoms with Crippen LogP contribution in [0.15, 0.2) is 12.3 Å². The minimum absolute atomic E-state index is 0. The second-order valence-electron chi connectivity index (χ2n) is 1.72. The van der Waals surface area contributed by atoms with E-state index in [9.17, 15) is 8.78 Å². The molecule has 1 nitrogen and oxygen atoms in total. The van der Waals surface area contributed by atoms with Gasteiger partial charge in [0.1, 0.15) is 11.6 Å². The maximum Gasteiger partial charge on any atom is 0.148 e. The van der Waals surface area contributed by atoms with Gasteiger partial charge in [-0.05, 0) is 0 Å². The number of alkyl halides is 1. The SMILES string of the molecule is Br.Fc1cnc(CBr)c(F)c1. The van der Waals surface area contributed by atoms with Gasteiger partial charge in [-0.25, -0.2) is 8.78 Å². The second-order valence-corrected chi connectivity index (χ2v) is 2.28. The van der Waals surface area contributed by atoms with Crippen LogP contribution < -0.4 is 0 Å². The molecule has 0 atom stereocenters. The number of rotatable bonds is 1. The summed E-state index contributed by atoms with van der Waals surface area (Å²) in [7, 11) is 0. The second kappa shape index (κ2) is 4.77. The Morgan fingerprint density at radius 1 is 1.45 bits per heavy atom. The van der Waals surface area contributed by atoms with Crippen LogP contribution in [0.5, 0.6) is 0 Å². The maximum absolute atomic E-state index is 12.5. The highest BCUT2D eigenvalue weighted by Gasteiger charge is 2.01. The summed E-state index contributed by atoms with van der Waals surface area (Å²) in [6, 6.07) is 0.809. The summed E-state index contributed by atoms with van der Waals surface area (Å²) in [4.78, 5) is 3.50. The highest BCUT2D eigenvalue weighted by molar-refractivity contribution is 9.08. The monoisotopic (exact) mass is 287 g/mol. The summed E-state index contributed by atoms with van der Waals surface area (Å²) in [6.07, 6.45) is 0.986. The topological polar surface area (TPSA) is 12.9 Å². The van der Waals surface area contributed by atoms with Gasteiger partial charge < -0.3 is 0 Å². The van der Waals surface area contributed by atoms with Gasteiger partial charge in [-0.15, -0.1) is 17.0 Å². The molecule has 1 rings (SSSR count). The van der Waals surface area contributed by atoms with Crippen LogP contribution in [0.25, 0.3) is 0 Å². The van der Waals surface area contributed by atoms with Crippen molar-refractivity contribution in [2.45, 2.75) is 5.33 Å². The van der Waals surface area contributed by atoms with E-state index in [1.54, 1.807) is 0 Å². The quantitative estimate of drug-likeness (QED) is 0.724. The zero-order valence-electron chi connectivity index (χ0n) is 5.35. The van der Waals surface area contributed by atoms with E-state index in [1.807, 2.05) is 0 Å². The van der Waals surface area contributed by atoms with Crippen LogP contribution in [0.2, 0.25) is 0 Å². The summed E-state index contributed by atoms with van der Waals surface area (Å²) in [5.74, 6) is -1.26. The lowest BCUT2D eigenvalue weighted by molar-refractivity contribution is 0.564. The minimum atomic E-state index is -0.651. The third kappa shape index (κ3) is 2.83. The molecule has 0 bridgehead atoms. The van der Waals surface area contributed by atoms with Crippen LogP contribution in [-0.2, 0) is 5.33 Å². The highest BCUT2D eigenvalue weighted by atomic mass is 79.9. The van der Waals surface area contributed by atoms with Crippen molar-refractivity contribution in [1.82, 2.24) is 4.98 Å². The lowest BCUT2D eigenvalue weighted by atomic mass is 10.3. The fourth-order valence-corrected chi connectivity index (χ4v) is 0.954. The molecule has 0 aliphatic rings. The zero-order chi connectivity index (χ0) is 7.56. The molecule has 0 unspecified atom stereocenters. The first kappa shape index (κ1) is 11.0. The summed E-state index contributed by atoms with van der Waals surface area (Å²) < 4.78 is 24.7. The Bertz CT molecular complexity index is 242. The molecule has 0 aliphatic carbocycles. The first-order valence-electron chi connectivity index (χ1n) is 2.60. The van der Waals surface area contributed by atoms with Gasteiger partial charge in [0.15, 0.2) is 0 Å². The number of hydrogen-bond donors (Lipinski definition) is 0. The summed E-state index contributed by atoms with van der Waals surface area (Å²) in [5.41, 5.74) is 0.224. The standard InChI is InChI=1S/C6H4BrF2N.BrH/c7-2-6-5(9)1-4(8)3-10-6;/h1,3H,2H2;1H. The Morgan fingerprint density at radius 2 is 2.09 bits per heavy atom. The van der Waals surface area contributed by atoms with Crippen molar-refractivity contribution in [3.8, 4) is 0 Å². The Morgan fingerprint density at radius 3 is 2.55 bits per heavy atom. The molecule has 0 fully saturated rings. The number of aromatic nitrogens is 1. The number of hydrogen-bond acceptors (Lipinski definition) is 1. The van der Waals surface area contributed by atoms with E-state index >= 15 is 0 Å². The smallest absolute Gasteiger partial charge is 0.148 e. The van der Waals surface area contributed by atoms with E-state index < -0.39 is 11.6 Å². The van der Waals surface area contributed by atoms with Crippen LogP contribution in [0.3, 0.4) is 0 Å². The molecule has 0 aromatic carbocycles. The molecular weight excluding hydrogens is 284 g/mol. The van der Waals surface area contributed by atoms with Gasteiger partial charge in [0.25, 0.3) is 0 Å². The van der Waals surface area contributed by atoms with E-state index in [0.717, 1.165) is 12.3 Å². The van der Waals surface area contributed by atoms with Crippen LogP contribution in [0.1, 0.15) is 5.69 Å². The molecule has 0 aliphatic heterocycles. The van der Waals surface area contributed by atoms with E-state index in [2.05, 4.69) is 20.9 Å². The molecule has 5 heteroatoms. The van der Waals surface area contributed by atoms with Gasteiger partial charge in [0.2, 0.25) is 0 Å². The molecule has 0 saturated heterocycles. The molecule has 0 N–H and O–H groups in total. The molecule has 1 heterocycles. The average Bonchev–Trinajstić information content (AvgIpc) is 1.88. The maximum atomic E-state index is 12.5. The van der Waals surface area contributed by atoms with Crippen molar-refractivity contribution in [3.63, 3.8) is 0 Å². The number of nitrogens with zero attached hydrogens (tertiary/aromatic N) is 1. The third-order valence-corrected chi connectivity index (χ3v) is 1.54. The predicted molar refractivity (Wildman–Crippen MR) is 47.1 cm³/mol. The lowest BCUT2D eigenvalue weighted by Gasteiger charge is -1.94. The number of pyridine rings is 1. The van der Waals surface area contributed by atoms with Gasteiger partial charge in [-0.3, -0.25) is 4.98 Å². The third-order valence-electron chi connectivity index (χ3n) is 1.01.